The number of aryl methyl sites for hydroxylation is 1. The number of ketones is 1. The number of carbonyl (C=O) groups is 1. The molecule has 16 heavy (non-hydrogen) atoms. The van der Waals surface area contributed by atoms with Crippen molar-refractivity contribution in [2.75, 3.05) is 0 Å². The number of carbonyl (C=O) groups excluding carboxylic acids is 1. The van der Waals surface area contributed by atoms with Gasteiger partial charge < -0.3 is 4.40 Å². The summed E-state index contributed by atoms with van der Waals surface area (Å²) in [6.07, 6.45) is 2.96. The number of rotatable bonds is 3. The van der Waals surface area contributed by atoms with Gasteiger partial charge in [0.25, 0.3) is 0 Å². The minimum Gasteiger partial charge on any atom is -0.320 e. The molecule has 84 valence electrons. The normalized spacial score (nSPS) is 11.2. The van der Waals surface area contributed by atoms with E-state index >= 15 is 0 Å². The second-order valence-corrected chi connectivity index (χ2v) is 4.38. The van der Waals surface area contributed by atoms with E-state index in [1.807, 2.05) is 44.3 Å². The highest BCUT2D eigenvalue weighted by Gasteiger charge is 2.16. The Labute approximate surface area is 95.9 Å². The molecule has 0 radical (unpaired) electrons. The molecule has 0 saturated heterocycles. The van der Waals surface area contributed by atoms with Crippen molar-refractivity contribution in [1.29, 1.82) is 0 Å². The molecule has 2 aromatic heterocycles. The number of hydrogen-bond acceptors (Lipinski definition) is 1. The minimum absolute atomic E-state index is 0.0520. The maximum atomic E-state index is 12.1. The summed E-state index contributed by atoms with van der Waals surface area (Å²) in [5.74, 6) is 0.277. The summed E-state index contributed by atoms with van der Waals surface area (Å²) in [6, 6.07) is 8.01. The highest BCUT2D eigenvalue weighted by atomic mass is 16.1. The van der Waals surface area contributed by atoms with Gasteiger partial charge in [-0.15, -0.1) is 0 Å². The molecule has 0 spiro atoms. The first-order valence-corrected chi connectivity index (χ1v) is 5.78. The van der Waals surface area contributed by atoms with E-state index in [1.54, 1.807) is 0 Å². The van der Waals surface area contributed by atoms with E-state index < -0.39 is 0 Å². The first-order valence-electron chi connectivity index (χ1n) is 5.78. The van der Waals surface area contributed by atoms with Gasteiger partial charge in [-0.05, 0) is 24.6 Å². The highest BCUT2D eigenvalue weighted by molar-refractivity contribution is 6.04. The van der Waals surface area contributed by atoms with Crippen molar-refractivity contribution in [2.24, 2.45) is 5.92 Å². The molecule has 2 aromatic rings. The molecule has 0 bridgehead atoms. The van der Waals surface area contributed by atoms with E-state index in [4.69, 9.17) is 0 Å². The molecule has 0 atom stereocenters. The minimum atomic E-state index is 0.0520. The van der Waals surface area contributed by atoms with Crippen molar-refractivity contribution in [1.82, 2.24) is 4.40 Å². The Balaban J connectivity index is 2.66. The summed E-state index contributed by atoms with van der Waals surface area (Å²) in [5, 5.41) is 0. The Kier molecular flexibility index (Phi) is 2.82. The van der Waals surface area contributed by atoms with Crippen LogP contribution in [0.3, 0.4) is 0 Å². The summed E-state index contributed by atoms with van der Waals surface area (Å²) < 4.78 is 2.11. The first-order chi connectivity index (χ1) is 7.65. The van der Waals surface area contributed by atoms with E-state index in [0.717, 1.165) is 17.5 Å². The molecule has 2 heteroatoms. The number of hydrogen-bond donors (Lipinski definition) is 0. The van der Waals surface area contributed by atoms with Crippen LogP contribution < -0.4 is 0 Å². The lowest BCUT2D eigenvalue weighted by Crippen LogP contribution is -2.06. The van der Waals surface area contributed by atoms with Crippen LogP contribution in [0.2, 0.25) is 0 Å². The number of nitrogens with zero attached hydrogens (tertiary/aromatic N) is 1. The van der Waals surface area contributed by atoms with Crippen molar-refractivity contribution in [3.8, 4) is 0 Å². The van der Waals surface area contributed by atoms with Gasteiger partial charge in [-0.3, -0.25) is 4.79 Å². The summed E-state index contributed by atoms with van der Waals surface area (Å²) >= 11 is 0. The molecule has 0 unspecified atom stereocenters. The molecule has 0 fully saturated rings. The average molecular weight is 215 g/mol. The molecule has 2 heterocycles. The second kappa shape index (κ2) is 4.12. The molecule has 0 N–H and O–H groups in total. The van der Waals surface area contributed by atoms with Gasteiger partial charge >= 0.3 is 0 Å². The molecule has 2 nitrogen and oxygen atoms in total. The molecule has 0 saturated carbocycles. The van der Waals surface area contributed by atoms with Gasteiger partial charge in [-0.2, -0.15) is 0 Å². The van der Waals surface area contributed by atoms with E-state index in [-0.39, 0.29) is 11.7 Å². The second-order valence-electron chi connectivity index (χ2n) is 4.38. The number of fused-ring (bicyclic) bond motifs is 1. The Morgan fingerprint density at radius 2 is 2.12 bits per heavy atom. The lowest BCUT2D eigenvalue weighted by molar-refractivity contribution is 0.0941. The van der Waals surface area contributed by atoms with Crippen LogP contribution in [0.25, 0.3) is 5.52 Å². The van der Waals surface area contributed by atoms with Crippen LogP contribution >= 0.6 is 0 Å². The zero-order valence-electron chi connectivity index (χ0n) is 10.0. The molecule has 0 aromatic carbocycles. The molecule has 2 rings (SSSR count). The zero-order chi connectivity index (χ0) is 11.7. The summed E-state index contributed by atoms with van der Waals surface area (Å²) in [5.41, 5.74) is 3.07. The van der Waals surface area contributed by atoms with Crippen LogP contribution in [0.5, 0.6) is 0 Å². The fourth-order valence-electron chi connectivity index (χ4n) is 2.00. The van der Waals surface area contributed by atoms with Crippen LogP contribution in [0.15, 0.2) is 30.5 Å². The number of Topliss-reactive ketones (excluding diaryl/α,β-unsaturated/α-hetero) is 1. The van der Waals surface area contributed by atoms with E-state index in [2.05, 4.69) is 11.3 Å². The quantitative estimate of drug-likeness (QED) is 0.719. The molecule has 0 aliphatic rings. The topological polar surface area (TPSA) is 21.5 Å². The van der Waals surface area contributed by atoms with E-state index in [1.165, 1.54) is 5.69 Å². The third-order valence-electron chi connectivity index (χ3n) is 2.91. The Bertz CT molecular complexity index is 523. The van der Waals surface area contributed by atoms with Crippen LogP contribution in [0.4, 0.5) is 0 Å². The monoisotopic (exact) mass is 215 g/mol. The Morgan fingerprint density at radius 3 is 2.75 bits per heavy atom. The van der Waals surface area contributed by atoms with Crippen molar-refractivity contribution in [2.45, 2.75) is 27.2 Å². The van der Waals surface area contributed by atoms with Crippen LogP contribution in [-0.2, 0) is 6.42 Å². The lowest BCUT2D eigenvalue weighted by Gasteiger charge is -2.02. The van der Waals surface area contributed by atoms with Crippen molar-refractivity contribution < 1.29 is 4.79 Å². The summed E-state index contributed by atoms with van der Waals surface area (Å²) in [4.78, 5) is 12.1. The van der Waals surface area contributed by atoms with Crippen LogP contribution in [-0.4, -0.2) is 10.2 Å². The Morgan fingerprint density at radius 1 is 1.38 bits per heavy atom. The van der Waals surface area contributed by atoms with Crippen molar-refractivity contribution >= 4 is 11.3 Å². The van der Waals surface area contributed by atoms with Crippen molar-refractivity contribution in [3.05, 3.63) is 41.7 Å². The van der Waals surface area contributed by atoms with Gasteiger partial charge in [0, 0.05) is 23.4 Å². The fraction of sp³-hybridized carbons (Fsp3) is 0.357. The third kappa shape index (κ3) is 1.64. The van der Waals surface area contributed by atoms with Crippen molar-refractivity contribution in [3.63, 3.8) is 0 Å². The van der Waals surface area contributed by atoms with Gasteiger partial charge in [0.05, 0.1) is 5.52 Å². The third-order valence-corrected chi connectivity index (χ3v) is 2.91. The van der Waals surface area contributed by atoms with E-state index in [0.29, 0.717) is 0 Å². The predicted molar refractivity (Wildman–Crippen MR) is 65.9 cm³/mol. The molecular weight excluding hydrogens is 198 g/mol. The maximum absolute atomic E-state index is 12.1. The van der Waals surface area contributed by atoms with Gasteiger partial charge in [0.15, 0.2) is 5.78 Å². The number of pyridine rings is 1. The molecular formula is C14H17NO. The summed E-state index contributed by atoms with van der Waals surface area (Å²) in [7, 11) is 0. The maximum Gasteiger partial charge on any atom is 0.167 e. The van der Waals surface area contributed by atoms with Gasteiger partial charge in [0.2, 0.25) is 0 Å². The fourth-order valence-corrected chi connectivity index (χ4v) is 2.00. The van der Waals surface area contributed by atoms with Gasteiger partial charge in [-0.1, -0.05) is 26.8 Å². The summed E-state index contributed by atoms with van der Waals surface area (Å²) in [6.45, 7) is 6.00. The van der Waals surface area contributed by atoms with Crippen LogP contribution in [0, 0.1) is 5.92 Å². The van der Waals surface area contributed by atoms with Crippen LogP contribution in [0.1, 0.15) is 36.8 Å². The SMILES string of the molecule is CCc1cc(C(=O)C(C)C)c2ccccn12. The van der Waals surface area contributed by atoms with Gasteiger partial charge in [-0.25, -0.2) is 0 Å². The molecule has 0 aliphatic heterocycles. The lowest BCUT2D eigenvalue weighted by atomic mass is 10.0. The number of aromatic nitrogens is 1. The average Bonchev–Trinajstić information content (AvgIpc) is 2.66. The Hall–Kier alpha value is -1.57. The largest absolute Gasteiger partial charge is 0.320 e. The predicted octanol–water partition coefficient (Wildman–Crippen LogP) is 3.34. The highest BCUT2D eigenvalue weighted by Crippen LogP contribution is 2.20. The zero-order valence-corrected chi connectivity index (χ0v) is 10.0. The smallest absolute Gasteiger partial charge is 0.167 e. The molecule has 0 amide bonds. The first kappa shape index (κ1) is 10.9. The standard InChI is InChI=1S/C14H17NO/c1-4-11-9-12(14(16)10(2)3)13-7-5-6-8-15(11)13/h5-10H,4H2,1-3H3. The molecule has 0 aliphatic carbocycles. The van der Waals surface area contributed by atoms with Gasteiger partial charge in [0.1, 0.15) is 0 Å². The van der Waals surface area contributed by atoms with E-state index in [9.17, 15) is 4.79 Å².